The Balaban J connectivity index is 0.00000900. The van der Waals surface area contributed by atoms with Crippen LogP contribution in [0.1, 0.15) is 41.5 Å². The average Bonchev–Trinajstić information content (AvgIpc) is 2.61. The summed E-state index contributed by atoms with van der Waals surface area (Å²) in [6.07, 6.45) is -1.30. The quantitative estimate of drug-likeness (QED) is 0.213. The molecule has 0 aliphatic carbocycles. The number of benzene rings is 1. The summed E-state index contributed by atoms with van der Waals surface area (Å²) >= 11 is 0. The lowest BCUT2D eigenvalue weighted by Gasteiger charge is -2.27. The second-order valence-electron chi connectivity index (χ2n) is 8.51. The molecule has 0 aliphatic heterocycles. The number of aliphatic imine (C=N–C) groups is 1. The molecular weight excluding hydrogens is 518 g/mol. The number of hydrogen-bond acceptors (Lipinski definition) is 5. The molecule has 1 amide bonds. The molecule has 1 atom stereocenters. The van der Waals surface area contributed by atoms with Gasteiger partial charge in [-0.15, -0.1) is 24.0 Å². The molecule has 1 rings (SSSR count). The van der Waals surface area contributed by atoms with Gasteiger partial charge in [0.25, 0.3) is 0 Å². The number of halogens is 2. The largest absolute Gasteiger partial charge is 0.491 e. The van der Waals surface area contributed by atoms with Gasteiger partial charge in [0.05, 0.1) is 12.1 Å². The molecule has 0 bridgehead atoms. The number of amides is 1. The Kier molecular flexibility index (Phi) is 12.8. The van der Waals surface area contributed by atoms with E-state index in [2.05, 4.69) is 20.9 Å². The second kappa shape index (κ2) is 13.6. The number of carbonyl (C=O) groups excluding carboxylic acids is 1. The van der Waals surface area contributed by atoms with Gasteiger partial charge in [0.1, 0.15) is 29.9 Å². The molecule has 0 aromatic heterocycles. The van der Waals surface area contributed by atoms with E-state index in [9.17, 15) is 14.3 Å². The highest BCUT2D eigenvalue weighted by atomic mass is 127. The first-order chi connectivity index (χ1) is 13.9. The summed E-state index contributed by atoms with van der Waals surface area (Å²) in [6, 6.07) is 5.59. The molecule has 1 aromatic rings. The van der Waals surface area contributed by atoms with Gasteiger partial charge in [-0.3, -0.25) is 4.99 Å². The van der Waals surface area contributed by atoms with Crippen LogP contribution in [0.25, 0.3) is 0 Å². The van der Waals surface area contributed by atoms with E-state index in [1.54, 1.807) is 20.8 Å². The van der Waals surface area contributed by atoms with E-state index in [1.165, 1.54) is 24.3 Å². The number of carbonyl (C=O) groups is 1. The molecule has 0 heterocycles. The third-order valence-corrected chi connectivity index (χ3v) is 3.58. The Bertz CT molecular complexity index is 694. The Labute approximate surface area is 201 Å². The highest BCUT2D eigenvalue weighted by Crippen LogP contribution is 2.11. The molecule has 10 heteroatoms. The molecule has 178 valence electrons. The minimum absolute atomic E-state index is 0. The lowest BCUT2D eigenvalue weighted by atomic mass is 10.1. The normalized spacial score (nSPS) is 13.0. The minimum atomic E-state index is -0.799. The van der Waals surface area contributed by atoms with Crippen LogP contribution in [0.15, 0.2) is 29.3 Å². The van der Waals surface area contributed by atoms with Gasteiger partial charge in [-0.25, -0.2) is 9.18 Å². The number of aliphatic hydroxyl groups is 1. The first-order valence-corrected chi connectivity index (χ1v) is 10.00. The van der Waals surface area contributed by atoms with Gasteiger partial charge in [0.15, 0.2) is 5.96 Å². The van der Waals surface area contributed by atoms with E-state index in [1.807, 2.05) is 20.8 Å². The lowest BCUT2D eigenvalue weighted by molar-refractivity contribution is 0.0476. The summed E-state index contributed by atoms with van der Waals surface area (Å²) in [5.74, 6) is 0.628. The molecule has 4 N–H and O–H groups in total. The van der Waals surface area contributed by atoms with Gasteiger partial charge >= 0.3 is 6.09 Å². The SMILES string of the molecule is CCNC(=NCC(C)(C)NC(=O)OC(C)(C)C)NCC(O)COc1ccc(F)cc1.I. The van der Waals surface area contributed by atoms with Crippen molar-refractivity contribution in [2.24, 2.45) is 4.99 Å². The number of nitrogens with one attached hydrogen (secondary N) is 3. The highest BCUT2D eigenvalue weighted by Gasteiger charge is 2.24. The van der Waals surface area contributed by atoms with Crippen LogP contribution in [0.3, 0.4) is 0 Å². The predicted molar refractivity (Wildman–Crippen MR) is 131 cm³/mol. The predicted octanol–water partition coefficient (Wildman–Crippen LogP) is 3.04. The van der Waals surface area contributed by atoms with Crippen molar-refractivity contribution in [2.45, 2.75) is 58.8 Å². The molecule has 0 saturated carbocycles. The molecule has 1 unspecified atom stereocenters. The third kappa shape index (κ3) is 14.0. The lowest BCUT2D eigenvalue weighted by Crippen LogP contribution is -2.49. The minimum Gasteiger partial charge on any atom is -0.491 e. The number of nitrogens with zero attached hydrogens (tertiary/aromatic N) is 1. The topological polar surface area (TPSA) is 104 Å². The summed E-state index contributed by atoms with van der Waals surface area (Å²) in [6.45, 7) is 12.2. The van der Waals surface area contributed by atoms with Crippen LogP contribution < -0.4 is 20.7 Å². The number of alkyl carbamates (subject to hydrolysis) is 1. The van der Waals surface area contributed by atoms with Crippen molar-refractivity contribution in [3.8, 4) is 5.75 Å². The molecule has 0 aliphatic rings. The van der Waals surface area contributed by atoms with Crippen molar-refractivity contribution in [3.05, 3.63) is 30.1 Å². The standard InChI is InChI=1S/C21H35FN4O4.HI/c1-7-23-18(25-14-21(5,6)26-19(28)30-20(2,3)4)24-12-16(27)13-29-17-10-8-15(22)9-11-17;/h8-11,16,27H,7,12-14H2,1-6H3,(H,26,28)(H2,23,24,25);1H. The summed E-state index contributed by atoms with van der Waals surface area (Å²) in [5, 5.41) is 19.0. The van der Waals surface area contributed by atoms with Crippen molar-refractivity contribution in [1.29, 1.82) is 0 Å². The van der Waals surface area contributed by atoms with Crippen molar-refractivity contribution < 1.29 is 23.8 Å². The maximum absolute atomic E-state index is 12.9. The zero-order chi connectivity index (χ0) is 22.8. The van der Waals surface area contributed by atoms with Gasteiger partial charge in [0, 0.05) is 13.1 Å². The van der Waals surface area contributed by atoms with Crippen molar-refractivity contribution in [2.75, 3.05) is 26.2 Å². The summed E-state index contributed by atoms with van der Waals surface area (Å²) in [5.41, 5.74) is -1.21. The van der Waals surface area contributed by atoms with E-state index in [-0.39, 0.29) is 42.9 Å². The van der Waals surface area contributed by atoms with Crippen molar-refractivity contribution in [3.63, 3.8) is 0 Å². The van der Waals surface area contributed by atoms with Crippen LogP contribution >= 0.6 is 24.0 Å². The molecule has 0 saturated heterocycles. The van der Waals surface area contributed by atoms with Crippen molar-refractivity contribution >= 4 is 36.0 Å². The van der Waals surface area contributed by atoms with Gasteiger partial charge in [0.2, 0.25) is 0 Å². The van der Waals surface area contributed by atoms with Crippen LogP contribution in [-0.4, -0.2) is 60.6 Å². The Morgan fingerprint density at radius 3 is 2.32 bits per heavy atom. The van der Waals surface area contributed by atoms with E-state index >= 15 is 0 Å². The maximum atomic E-state index is 12.9. The van der Waals surface area contributed by atoms with E-state index in [0.717, 1.165) is 0 Å². The molecule has 0 radical (unpaired) electrons. The van der Waals surface area contributed by atoms with Crippen LogP contribution in [-0.2, 0) is 4.74 Å². The number of rotatable bonds is 9. The Morgan fingerprint density at radius 2 is 1.77 bits per heavy atom. The number of aliphatic hydroxyl groups excluding tert-OH is 1. The number of hydrogen-bond donors (Lipinski definition) is 4. The first kappa shape index (κ1) is 29.2. The number of ether oxygens (including phenoxy) is 2. The van der Waals surface area contributed by atoms with Crippen molar-refractivity contribution in [1.82, 2.24) is 16.0 Å². The molecular formula is C21H36FIN4O4. The van der Waals surface area contributed by atoms with Gasteiger partial charge in [-0.1, -0.05) is 0 Å². The summed E-state index contributed by atoms with van der Waals surface area (Å²) in [7, 11) is 0. The first-order valence-electron chi connectivity index (χ1n) is 10.00. The maximum Gasteiger partial charge on any atom is 0.408 e. The highest BCUT2D eigenvalue weighted by molar-refractivity contribution is 14.0. The zero-order valence-electron chi connectivity index (χ0n) is 19.1. The zero-order valence-corrected chi connectivity index (χ0v) is 21.5. The van der Waals surface area contributed by atoms with Crippen LogP contribution in [0.2, 0.25) is 0 Å². The number of guanidine groups is 1. The second-order valence-corrected chi connectivity index (χ2v) is 8.51. The van der Waals surface area contributed by atoms with Crippen LogP contribution in [0.5, 0.6) is 5.75 Å². The fourth-order valence-corrected chi connectivity index (χ4v) is 2.23. The van der Waals surface area contributed by atoms with E-state index in [4.69, 9.17) is 9.47 Å². The molecule has 0 spiro atoms. The van der Waals surface area contributed by atoms with E-state index < -0.39 is 23.3 Å². The smallest absolute Gasteiger partial charge is 0.408 e. The molecule has 8 nitrogen and oxygen atoms in total. The van der Waals surface area contributed by atoms with Gasteiger partial charge in [-0.05, 0) is 65.8 Å². The fraction of sp³-hybridized carbons (Fsp3) is 0.619. The average molecular weight is 554 g/mol. The molecule has 31 heavy (non-hydrogen) atoms. The molecule has 0 fully saturated rings. The van der Waals surface area contributed by atoms with Crippen LogP contribution in [0.4, 0.5) is 9.18 Å². The van der Waals surface area contributed by atoms with E-state index in [0.29, 0.717) is 24.8 Å². The monoisotopic (exact) mass is 554 g/mol. The van der Waals surface area contributed by atoms with Crippen LogP contribution in [0, 0.1) is 5.82 Å². The van der Waals surface area contributed by atoms with Gasteiger partial charge < -0.3 is 30.5 Å². The van der Waals surface area contributed by atoms with Gasteiger partial charge in [-0.2, -0.15) is 0 Å². The Morgan fingerprint density at radius 1 is 1.16 bits per heavy atom. The fourth-order valence-electron chi connectivity index (χ4n) is 2.23. The Hall–Kier alpha value is -1.82. The third-order valence-electron chi connectivity index (χ3n) is 3.58. The molecule has 1 aromatic carbocycles. The summed E-state index contributed by atoms with van der Waals surface area (Å²) < 4.78 is 23.6. The summed E-state index contributed by atoms with van der Waals surface area (Å²) in [4.78, 5) is 16.5.